The van der Waals surface area contributed by atoms with Gasteiger partial charge in [-0.3, -0.25) is 0 Å². The number of nitrogens with zero attached hydrogens (tertiary/aromatic N) is 2. The zero-order valence-electron chi connectivity index (χ0n) is 18.2. The highest BCUT2D eigenvalue weighted by Gasteiger charge is 2.35. The van der Waals surface area contributed by atoms with Crippen LogP contribution in [0.15, 0.2) is 66.7 Å². The fraction of sp³-hybridized carbons (Fsp3) is 0.160. The van der Waals surface area contributed by atoms with Crippen molar-refractivity contribution >= 4 is 23.2 Å². The molecule has 0 aliphatic heterocycles. The zero-order chi connectivity index (χ0) is 24.5. The lowest BCUT2D eigenvalue weighted by molar-refractivity contribution is -0.141. The molecule has 0 aliphatic carbocycles. The van der Waals surface area contributed by atoms with E-state index >= 15 is 0 Å². The molecule has 0 saturated heterocycles. The summed E-state index contributed by atoms with van der Waals surface area (Å²) in [6.07, 6.45) is -4.63. The van der Waals surface area contributed by atoms with Crippen LogP contribution in [0.2, 0.25) is 10.0 Å². The summed E-state index contributed by atoms with van der Waals surface area (Å²) >= 11 is 12.4. The largest absolute Gasteiger partial charge is 0.496 e. The van der Waals surface area contributed by atoms with Gasteiger partial charge >= 0.3 is 6.18 Å². The molecule has 0 saturated carbocycles. The van der Waals surface area contributed by atoms with Crippen LogP contribution in [-0.2, 0) is 12.8 Å². The molecule has 176 valence electrons. The van der Waals surface area contributed by atoms with Crippen LogP contribution in [0.5, 0.6) is 11.5 Å². The van der Waals surface area contributed by atoms with E-state index in [1.54, 1.807) is 25.3 Å². The smallest absolute Gasteiger partial charge is 0.435 e. The summed E-state index contributed by atoms with van der Waals surface area (Å²) in [4.78, 5) is 0. The fourth-order valence-corrected chi connectivity index (χ4v) is 4.06. The van der Waals surface area contributed by atoms with Gasteiger partial charge in [-0.15, -0.1) is 0 Å². The second-order valence-electron chi connectivity index (χ2n) is 7.50. The van der Waals surface area contributed by atoms with Crippen molar-refractivity contribution in [3.05, 3.63) is 93.7 Å². The molecule has 0 amide bonds. The lowest BCUT2D eigenvalue weighted by Gasteiger charge is -2.12. The lowest BCUT2D eigenvalue weighted by Crippen LogP contribution is -2.09. The molecule has 9 heteroatoms. The van der Waals surface area contributed by atoms with Gasteiger partial charge in [-0.25, -0.2) is 4.68 Å². The average molecular weight is 507 g/mol. The summed E-state index contributed by atoms with van der Waals surface area (Å²) in [7, 11) is 1.62. The first-order valence-electron chi connectivity index (χ1n) is 10.2. The third kappa shape index (κ3) is 5.00. The third-order valence-corrected chi connectivity index (χ3v) is 5.80. The third-order valence-electron chi connectivity index (χ3n) is 5.19. The van der Waals surface area contributed by atoms with E-state index in [1.807, 2.05) is 37.3 Å². The Morgan fingerprint density at radius 2 is 1.56 bits per heavy atom. The molecule has 0 unspecified atom stereocenters. The second kappa shape index (κ2) is 9.60. The van der Waals surface area contributed by atoms with E-state index in [0.717, 1.165) is 33.2 Å². The van der Waals surface area contributed by atoms with Gasteiger partial charge < -0.3 is 9.47 Å². The number of aromatic nitrogens is 2. The maximum Gasteiger partial charge on any atom is 0.435 e. The molecular weight excluding hydrogens is 488 g/mol. The van der Waals surface area contributed by atoms with Crippen LogP contribution in [0, 0.1) is 6.92 Å². The maximum absolute atomic E-state index is 13.4. The summed E-state index contributed by atoms with van der Waals surface area (Å²) in [5.41, 5.74) is 2.22. The Morgan fingerprint density at radius 3 is 2.15 bits per heavy atom. The lowest BCUT2D eigenvalue weighted by atomic mass is 10.0. The SMILES string of the molecule is COc1ccc(-c2ccc(OCc3cc(C(F)(F)F)nn3-c3c(Cl)cccc3Cl)cc2)cc1C. The molecule has 0 spiro atoms. The first-order chi connectivity index (χ1) is 16.2. The molecule has 1 heterocycles. The Hall–Kier alpha value is -3.16. The van der Waals surface area contributed by atoms with E-state index in [1.165, 1.54) is 12.1 Å². The van der Waals surface area contributed by atoms with Crippen molar-refractivity contribution in [2.24, 2.45) is 0 Å². The summed E-state index contributed by atoms with van der Waals surface area (Å²) in [6, 6.07) is 18.7. The normalized spacial score (nSPS) is 11.5. The van der Waals surface area contributed by atoms with E-state index in [9.17, 15) is 13.2 Å². The van der Waals surface area contributed by atoms with E-state index in [4.69, 9.17) is 32.7 Å². The Morgan fingerprint density at radius 1 is 0.912 bits per heavy atom. The standard InChI is InChI=1S/C25H19Cl2F3N2O2/c1-15-12-17(8-11-22(15)33-2)16-6-9-19(10-7-16)34-14-18-13-23(25(28,29)30)31-32(18)24-20(26)4-3-5-21(24)27/h3-13H,14H2,1-2H3. The van der Waals surface area contributed by atoms with Gasteiger partial charge in [-0.05, 0) is 66.1 Å². The predicted molar refractivity (Wildman–Crippen MR) is 126 cm³/mol. The summed E-state index contributed by atoms with van der Waals surface area (Å²) < 4.78 is 52.2. The number of hydrogen-bond donors (Lipinski definition) is 0. The van der Waals surface area contributed by atoms with Gasteiger partial charge in [0.15, 0.2) is 5.69 Å². The Labute approximate surface area is 204 Å². The molecule has 34 heavy (non-hydrogen) atoms. The molecule has 4 aromatic rings. The van der Waals surface area contributed by atoms with Gasteiger partial charge in [0.05, 0.1) is 22.8 Å². The minimum absolute atomic E-state index is 0.150. The number of alkyl halides is 3. The highest BCUT2D eigenvalue weighted by Crippen LogP contribution is 2.34. The van der Waals surface area contributed by atoms with Crippen molar-refractivity contribution in [1.29, 1.82) is 0 Å². The van der Waals surface area contributed by atoms with Gasteiger partial charge in [-0.1, -0.05) is 47.5 Å². The fourth-order valence-electron chi connectivity index (χ4n) is 3.50. The Bertz CT molecular complexity index is 1300. The van der Waals surface area contributed by atoms with Crippen LogP contribution in [0.1, 0.15) is 17.0 Å². The van der Waals surface area contributed by atoms with Gasteiger partial charge in [0.25, 0.3) is 0 Å². The first-order valence-corrected chi connectivity index (χ1v) is 10.9. The highest BCUT2D eigenvalue weighted by molar-refractivity contribution is 6.37. The van der Waals surface area contributed by atoms with Crippen LogP contribution < -0.4 is 9.47 Å². The summed E-state index contributed by atoms with van der Waals surface area (Å²) in [5.74, 6) is 1.29. The molecule has 0 N–H and O–H groups in total. The molecule has 0 radical (unpaired) electrons. The van der Waals surface area contributed by atoms with Crippen molar-refractivity contribution in [1.82, 2.24) is 9.78 Å². The van der Waals surface area contributed by atoms with Crippen molar-refractivity contribution in [2.75, 3.05) is 7.11 Å². The molecule has 0 bridgehead atoms. The predicted octanol–water partition coefficient (Wildman–Crippen LogP) is 7.76. The topological polar surface area (TPSA) is 36.3 Å². The van der Waals surface area contributed by atoms with Gasteiger partial charge in [-0.2, -0.15) is 18.3 Å². The number of hydrogen-bond acceptors (Lipinski definition) is 3. The number of benzene rings is 3. The van der Waals surface area contributed by atoms with Crippen LogP contribution >= 0.6 is 23.2 Å². The quantitative estimate of drug-likeness (QED) is 0.268. The molecule has 4 rings (SSSR count). The van der Waals surface area contributed by atoms with Gasteiger partial charge in [0.2, 0.25) is 0 Å². The maximum atomic E-state index is 13.4. The summed E-state index contributed by atoms with van der Waals surface area (Å²) in [5, 5.41) is 4.04. The molecule has 1 aromatic heterocycles. The van der Waals surface area contributed by atoms with E-state index in [2.05, 4.69) is 5.10 Å². The molecule has 0 atom stereocenters. The molecule has 0 aliphatic rings. The van der Waals surface area contributed by atoms with Crippen molar-refractivity contribution < 1.29 is 22.6 Å². The van der Waals surface area contributed by atoms with E-state index < -0.39 is 11.9 Å². The number of aryl methyl sites for hydroxylation is 1. The molecule has 3 aromatic carbocycles. The Kier molecular flexibility index (Phi) is 6.77. The minimum atomic E-state index is -4.63. The van der Waals surface area contributed by atoms with Crippen LogP contribution in [0.25, 0.3) is 16.8 Å². The molecule has 4 nitrogen and oxygen atoms in total. The van der Waals surface area contributed by atoms with E-state index in [-0.39, 0.29) is 28.0 Å². The van der Waals surface area contributed by atoms with Crippen LogP contribution in [-0.4, -0.2) is 16.9 Å². The van der Waals surface area contributed by atoms with Gasteiger partial charge in [0, 0.05) is 0 Å². The van der Waals surface area contributed by atoms with E-state index in [0.29, 0.717) is 5.75 Å². The Balaban J connectivity index is 1.59. The van der Waals surface area contributed by atoms with Crippen LogP contribution in [0.3, 0.4) is 0 Å². The van der Waals surface area contributed by atoms with Crippen molar-refractivity contribution in [3.63, 3.8) is 0 Å². The number of rotatable bonds is 6. The monoisotopic (exact) mass is 506 g/mol. The zero-order valence-corrected chi connectivity index (χ0v) is 19.7. The summed E-state index contributed by atoms with van der Waals surface area (Å²) in [6.45, 7) is 1.79. The van der Waals surface area contributed by atoms with Gasteiger partial charge in [0.1, 0.15) is 23.8 Å². The van der Waals surface area contributed by atoms with Crippen molar-refractivity contribution in [3.8, 4) is 28.3 Å². The number of halogens is 5. The molecule has 0 fully saturated rings. The molecular formula is C25H19Cl2F3N2O2. The number of para-hydroxylation sites is 1. The first kappa shape index (κ1) is 24.0. The number of ether oxygens (including phenoxy) is 2. The number of methoxy groups -OCH3 is 1. The minimum Gasteiger partial charge on any atom is -0.496 e. The van der Waals surface area contributed by atoms with Crippen molar-refractivity contribution in [2.45, 2.75) is 19.7 Å². The average Bonchev–Trinajstić information content (AvgIpc) is 3.22. The van der Waals surface area contributed by atoms with Crippen LogP contribution in [0.4, 0.5) is 13.2 Å². The highest BCUT2D eigenvalue weighted by atomic mass is 35.5. The second-order valence-corrected chi connectivity index (χ2v) is 8.31.